The van der Waals surface area contributed by atoms with Crippen LogP contribution in [-0.2, 0) is 27.7 Å². The van der Waals surface area contributed by atoms with Gasteiger partial charge in [-0.25, -0.2) is 22.8 Å². The number of anilines is 2. The number of fused-ring (bicyclic) bond motifs is 2. The summed E-state index contributed by atoms with van der Waals surface area (Å²) in [4.78, 5) is 28.7. The van der Waals surface area contributed by atoms with Crippen molar-refractivity contribution in [2.75, 3.05) is 35.1 Å². The average Bonchev–Trinajstić information content (AvgIpc) is 3.39. The van der Waals surface area contributed by atoms with Crippen LogP contribution in [0.1, 0.15) is 35.5 Å². The Morgan fingerprint density at radius 2 is 1.79 bits per heavy atom. The molecule has 6 rings (SSSR count). The van der Waals surface area contributed by atoms with Crippen molar-refractivity contribution in [2.24, 2.45) is 0 Å². The van der Waals surface area contributed by atoms with Gasteiger partial charge in [-0.15, -0.1) is 0 Å². The number of sulfonamides is 1. The lowest BCUT2D eigenvalue weighted by atomic mass is 10.1. The van der Waals surface area contributed by atoms with E-state index in [0.29, 0.717) is 59.9 Å². The summed E-state index contributed by atoms with van der Waals surface area (Å²) in [6, 6.07) is 13.6. The second-order valence-electron chi connectivity index (χ2n) is 10.8. The zero-order valence-electron chi connectivity index (χ0n) is 23.5. The van der Waals surface area contributed by atoms with Gasteiger partial charge in [-0.1, -0.05) is 6.07 Å². The molecular weight excluding hydrogens is 559 g/mol. The van der Waals surface area contributed by atoms with Crippen molar-refractivity contribution in [3.8, 4) is 11.4 Å². The van der Waals surface area contributed by atoms with Gasteiger partial charge in [0.25, 0.3) is 5.91 Å². The smallest absolute Gasteiger partial charge is 0.251 e. The Kier molecular flexibility index (Phi) is 7.27. The summed E-state index contributed by atoms with van der Waals surface area (Å²) < 4.78 is 46.2. The molecule has 5 heterocycles. The number of benzene rings is 1. The van der Waals surface area contributed by atoms with E-state index in [4.69, 9.17) is 9.72 Å². The van der Waals surface area contributed by atoms with Crippen LogP contribution in [0.2, 0.25) is 0 Å². The van der Waals surface area contributed by atoms with Gasteiger partial charge in [0.1, 0.15) is 0 Å². The van der Waals surface area contributed by atoms with Gasteiger partial charge in [-0.05, 0) is 68.3 Å². The summed E-state index contributed by atoms with van der Waals surface area (Å²) in [5.74, 6) is -0.451. The Balaban J connectivity index is 1.20. The maximum Gasteiger partial charge on any atom is 0.251 e. The average molecular weight is 591 g/mol. The molecular formula is C30H31FN6O4S. The second-order valence-corrected chi connectivity index (χ2v) is 12.7. The fourth-order valence-corrected chi connectivity index (χ4v) is 6.50. The van der Waals surface area contributed by atoms with Crippen LogP contribution in [0.4, 0.5) is 15.9 Å². The van der Waals surface area contributed by atoms with Crippen LogP contribution < -0.4 is 14.5 Å². The van der Waals surface area contributed by atoms with Crippen LogP contribution in [0.25, 0.3) is 22.3 Å². The number of ether oxygens (including phenoxy) is 1. The topological polar surface area (TPSA) is 118 Å². The lowest BCUT2D eigenvalue weighted by molar-refractivity contribution is -0.00564. The number of morpholine rings is 1. The summed E-state index contributed by atoms with van der Waals surface area (Å²) in [6.45, 7) is 5.54. The zero-order chi connectivity index (χ0) is 29.6. The van der Waals surface area contributed by atoms with Crippen molar-refractivity contribution in [3.05, 3.63) is 77.4 Å². The standard InChI is InChI=1S/C30H31FN6O4S/c1-18-16-36(17-19(2)41-18)29-24(31)7-9-26(35-29)25-8-6-22-14-32-23(13-27(22)34-25)15-33-30(38)21-5-4-20-10-11-37(28(20)12-21)42(3,39)40/h4-9,12-14,18-19H,10-11,15-17H2,1-3H3,(H,33,38)/t18-,19+. The first-order valence-corrected chi connectivity index (χ1v) is 15.6. The van der Waals surface area contributed by atoms with E-state index >= 15 is 0 Å². The van der Waals surface area contributed by atoms with Crippen molar-refractivity contribution < 1.29 is 22.3 Å². The number of carbonyl (C=O) groups excluding carboxylic acids is 1. The molecule has 0 saturated carbocycles. The Labute approximate surface area is 243 Å². The monoisotopic (exact) mass is 590 g/mol. The molecule has 1 saturated heterocycles. The second kappa shape index (κ2) is 10.9. The lowest BCUT2D eigenvalue weighted by Gasteiger charge is -2.36. The lowest BCUT2D eigenvalue weighted by Crippen LogP contribution is -2.46. The highest BCUT2D eigenvalue weighted by Gasteiger charge is 2.27. The molecule has 0 spiro atoms. The van der Waals surface area contributed by atoms with E-state index in [0.717, 1.165) is 17.2 Å². The van der Waals surface area contributed by atoms with Crippen molar-refractivity contribution in [1.82, 2.24) is 20.3 Å². The molecule has 1 N–H and O–H groups in total. The van der Waals surface area contributed by atoms with E-state index in [1.54, 1.807) is 36.5 Å². The number of pyridine rings is 3. The normalized spacial score (nSPS) is 18.8. The first-order valence-electron chi connectivity index (χ1n) is 13.8. The maximum absolute atomic E-state index is 14.8. The number of rotatable bonds is 6. The number of hydrogen-bond donors (Lipinski definition) is 1. The molecule has 10 nitrogen and oxygen atoms in total. The summed E-state index contributed by atoms with van der Waals surface area (Å²) in [7, 11) is -3.42. The molecule has 0 unspecified atom stereocenters. The van der Waals surface area contributed by atoms with Crippen molar-refractivity contribution in [2.45, 2.75) is 39.0 Å². The van der Waals surface area contributed by atoms with E-state index < -0.39 is 15.8 Å². The van der Waals surface area contributed by atoms with Crippen molar-refractivity contribution in [1.29, 1.82) is 0 Å². The first-order chi connectivity index (χ1) is 20.0. The Hall–Kier alpha value is -4.16. The molecule has 1 fully saturated rings. The fourth-order valence-electron chi connectivity index (χ4n) is 5.55. The van der Waals surface area contributed by atoms with E-state index in [1.165, 1.54) is 10.4 Å². The van der Waals surface area contributed by atoms with E-state index in [2.05, 4.69) is 15.3 Å². The highest BCUT2D eigenvalue weighted by Crippen LogP contribution is 2.31. The molecule has 42 heavy (non-hydrogen) atoms. The molecule has 2 aliphatic rings. The molecule has 1 aromatic carbocycles. The van der Waals surface area contributed by atoms with Crippen LogP contribution in [0.3, 0.4) is 0 Å². The van der Waals surface area contributed by atoms with E-state index in [9.17, 15) is 17.6 Å². The van der Waals surface area contributed by atoms with Crippen LogP contribution in [-0.4, -0.2) is 67.4 Å². The highest BCUT2D eigenvalue weighted by molar-refractivity contribution is 7.92. The van der Waals surface area contributed by atoms with Gasteiger partial charge in [0.2, 0.25) is 10.0 Å². The number of amides is 1. The molecule has 218 valence electrons. The van der Waals surface area contributed by atoms with Crippen LogP contribution in [0.15, 0.2) is 54.7 Å². The predicted molar refractivity (Wildman–Crippen MR) is 158 cm³/mol. The molecule has 3 aromatic heterocycles. The molecule has 2 aliphatic heterocycles. The van der Waals surface area contributed by atoms with Gasteiger partial charge in [0.15, 0.2) is 11.6 Å². The minimum Gasteiger partial charge on any atom is -0.372 e. The summed E-state index contributed by atoms with van der Waals surface area (Å²) in [5, 5.41) is 3.67. The molecule has 12 heteroatoms. The van der Waals surface area contributed by atoms with Gasteiger partial charge in [-0.3, -0.25) is 14.1 Å². The van der Waals surface area contributed by atoms with Gasteiger partial charge in [0.05, 0.1) is 53.3 Å². The maximum atomic E-state index is 14.8. The number of halogens is 1. The summed E-state index contributed by atoms with van der Waals surface area (Å²) >= 11 is 0. The Morgan fingerprint density at radius 3 is 2.55 bits per heavy atom. The highest BCUT2D eigenvalue weighted by atomic mass is 32.2. The molecule has 0 aliphatic carbocycles. The number of hydrogen-bond acceptors (Lipinski definition) is 8. The SMILES string of the molecule is C[C@@H]1CN(c2nc(-c3ccc4cnc(CNC(=O)c5ccc6c(c5)N(S(C)(=O)=O)CC6)cc4n3)ccc2F)C[C@H](C)O1. The minimum absolute atomic E-state index is 0.0336. The van der Waals surface area contributed by atoms with Gasteiger partial charge >= 0.3 is 0 Å². The van der Waals surface area contributed by atoms with E-state index in [1.807, 2.05) is 30.9 Å². The van der Waals surface area contributed by atoms with Gasteiger partial charge in [0, 0.05) is 36.8 Å². The van der Waals surface area contributed by atoms with E-state index in [-0.39, 0.29) is 30.5 Å². The van der Waals surface area contributed by atoms with Crippen molar-refractivity contribution in [3.63, 3.8) is 0 Å². The van der Waals surface area contributed by atoms with Crippen LogP contribution in [0, 0.1) is 5.82 Å². The third kappa shape index (κ3) is 5.64. The first kappa shape index (κ1) is 28.0. The number of nitrogens with zero attached hydrogens (tertiary/aromatic N) is 5. The third-order valence-corrected chi connectivity index (χ3v) is 8.65. The van der Waals surface area contributed by atoms with Gasteiger partial charge in [-0.2, -0.15) is 0 Å². The van der Waals surface area contributed by atoms with Crippen LogP contribution in [0.5, 0.6) is 0 Å². The van der Waals surface area contributed by atoms with Crippen molar-refractivity contribution >= 4 is 38.3 Å². The summed E-state index contributed by atoms with van der Waals surface area (Å²) in [6.07, 6.45) is 3.39. The Morgan fingerprint density at radius 1 is 1.05 bits per heavy atom. The Bertz CT molecular complexity index is 1790. The zero-order valence-corrected chi connectivity index (χ0v) is 24.4. The molecule has 0 bridgehead atoms. The van der Waals surface area contributed by atoms with Gasteiger partial charge < -0.3 is 15.0 Å². The molecule has 2 atom stereocenters. The third-order valence-electron chi connectivity index (χ3n) is 7.47. The number of carbonyl (C=O) groups is 1. The number of aromatic nitrogens is 3. The quantitative estimate of drug-likeness (QED) is 0.361. The molecule has 0 radical (unpaired) electrons. The molecule has 1 amide bonds. The van der Waals surface area contributed by atoms with Crippen LogP contribution >= 0.6 is 0 Å². The summed E-state index contributed by atoms with van der Waals surface area (Å²) in [5.41, 5.74) is 4.21. The molecule has 4 aromatic rings. The largest absolute Gasteiger partial charge is 0.372 e. The fraction of sp³-hybridized carbons (Fsp3) is 0.333. The minimum atomic E-state index is -3.42. The number of nitrogens with one attached hydrogen (secondary N) is 1. The predicted octanol–water partition coefficient (Wildman–Crippen LogP) is 3.70.